The fourth-order valence-corrected chi connectivity index (χ4v) is 2.36. The van der Waals surface area contributed by atoms with Crippen LogP contribution in [0.25, 0.3) is 0 Å². The van der Waals surface area contributed by atoms with Crippen LogP contribution in [-0.2, 0) is 17.1 Å². The van der Waals surface area contributed by atoms with E-state index in [4.69, 9.17) is 5.26 Å². The minimum absolute atomic E-state index is 0.0652. The molecule has 9 heteroatoms. The molecule has 98 valence electrons. The molecule has 0 spiro atoms. The van der Waals surface area contributed by atoms with Crippen LogP contribution in [0.2, 0.25) is 0 Å². The van der Waals surface area contributed by atoms with Crippen LogP contribution < -0.4 is 4.72 Å². The second-order valence-corrected chi connectivity index (χ2v) is 5.30. The van der Waals surface area contributed by atoms with Gasteiger partial charge in [-0.2, -0.15) is 10.4 Å². The standard InChI is InChI=1S/C10H8FN5O2S/c1-16-6-7(3-12)10(14-16)15-19(17,18)9-2-8(11)4-13-5-9/h2,4-6H,1H3,(H,14,15). The molecule has 0 amide bonds. The van der Waals surface area contributed by atoms with Crippen LogP contribution in [-0.4, -0.2) is 23.2 Å². The van der Waals surface area contributed by atoms with Crippen molar-refractivity contribution >= 4 is 15.8 Å². The molecular formula is C10H8FN5O2S. The first-order valence-electron chi connectivity index (χ1n) is 4.99. The molecule has 0 bridgehead atoms. The molecule has 0 aliphatic carbocycles. The van der Waals surface area contributed by atoms with E-state index in [0.29, 0.717) is 0 Å². The number of aryl methyl sites for hydroxylation is 1. The van der Waals surface area contributed by atoms with Gasteiger partial charge in [-0.3, -0.25) is 14.4 Å². The van der Waals surface area contributed by atoms with Crippen molar-refractivity contribution in [1.29, 1.82) is 5.26 Å². The summed E-state index contributed by atoms with van der Waals surface area (Å²) in [4.78, 5) is 3.11. The highest BCUT2D eigenvalue weighted by atomic mass is 32.2. The van der Waals surface area contributed by atoms with Crippen molar-refractivity contribution in [1.82, 2.24) is 14.8 Å². The number of halogens is 1. The summed E-state index contributed by atoms with van der Waals surface area (Å²) in [6.45, 7) is 0. The number of anilines is 1. The van der Waals surface area contributed by atoms with E-state index in [1.54, 1.807) is 13.1 Å². The molecule has 2 heterocycles. The summed E-state index contributed by atoms with van der Waals surface area (Å²) in [6, 6.07) is 2.63. The summed E-state index contributed by atoms with van der Waals surface area (Å²) in [6.07, 6.45) is 3.25. The highest BCUT2D eigenvalue weighted by Crippen LogP contribution is 2.17. The van der Waals surface area contributed by atoms with Crippen LogP contribution >= 0.6 is 0 Å². The quantitative estimate of drug-likeness (QED) is 0.889. The number of nitriles is 1. The largest absolute Gasteiger partial charge is 0.272 e. The van der Waals surface area contributed by atoms with E-state index >= 15 is 0 Å². The third-order valence-electron chi connectivity index (χ3n) is 2.17. The Morgan fingerprint density at radius 3 is 2.84 bits per heavy atom. The van der Waals surface area contributed by atoms with Crippen LogP contribution in [0.3, 0.4) is 0 Å². The Kier molecular flexibility index (Phi) is 3.18. The number of nitrogens with zero attached hydrogens (tertiary/aromatic N) is 4. The molecule has 0 aliphatic rings. The van der Waals surface area contributed by atoms with E-state index in [1.165, 1.54) is 10.9 Å². The van der Waals surface area contributed by atoms with Crippen LogP contribution in [0.15, 0.2) is 29.6 Å². The molecule has 2 rings (SSSR count). The van der Waals surface area contributed by atoms with Gasteiger partial charge < -0.3 is 0 Å². The number of aromatic nitrogens is 3. The van der Waals surface area contributed by atoms with Gasteiger partial charge in [-0.25, -0.2) is 12.8 Å². The van der Waals surface area contributed by atoms with Crippen molar-refractivity contribution in [3.05, 3.63) is 36.0 Å². The Morgan fingerprint density at radius 2 is 2.21 bits per heavy atom. The molecule has 0 saturated heterocycles. The van der Waals surface area contributed by atoms with Gasteiger partial charge in [0, 0.05) is 19.4 Å². The summed E-state index contributed by atoms with van der Waals surface area (Å²) in [5.41, 5.74) is 0.0652. The van der Waals surface area contributed by atoms with Crippen molar-refractivity contribution < 1.29 is 12.8 Å². The topological polar surface area (TPSA) is 101 Å². The lowest BCUT2D eigenvalue weighted by Crippen LogP contribution is -2.14. The maximum absolute atomic E-state index is 13.0. The molecule has 2 aromatic rings. The van der Waals surface area contributed by atoms with Crippen molar-refractivity contribution in [3.63, 3.8) is 0 Å². The zero-order valence-electron chi connectivity index (χ0n) is 9.70. The number of sulfonamides is 1. The van der Waals surface area contributed by atoms with Crippen LogP contribution in [0.4, 0.5) is 10.2 Å². The van der Waals surface area contributed by atoms with E-state index in [9.17, 15) is 12.8 Å². The predicted molar refractivity (Wildman–Crippen MR) is 62.9 cm³/mol. The van der Waals surface area contributed by atoms with Gasteiger partial charge in [0.15, 0.2) is 5.82 Å². The SMILES string of the molecule is Cn1cc(C#N)c(NS(=O)(=O)c2cncc(F)c2)n1. The molecule has 7 nitrogen and oxygen atoms in total. The van der Waals surface area contributed by atoms with Gasteiger partial charge in [0.2, 0.25) is 0 Å². The highest BCUT2D eigenvalue weighted by molar-refractivity contribution is 7.92. The van der Waals surface area contributed by atoms with Crippen molar-refractivity contribution in [3.8, 4) is 6.07 Å². The first-order chi connectivity index (χ1) is 8.92. The molecule has 19 heavy (non-hydrogen) atoms. The summed E-state index contributed by atoms with van der Waals surface area (Å²) in [7, 11) is -2.49. The Labute approximate surface area is 108 Å². The van der Waals surface area contributed by atoms with Gasteiger partial charge in [-0.15, -0.1) is 0 Å². The number of hydrogen-bond acceptors (Lipinski definition) is 5. The van der Waals surface area contributed by atoms with Crippen LogP contribution in [0.1, 0.15) is 5.56 Å². The van der Waals surface area contributed by atoms with E-state index < -0.39 is 15.8 Å². The average molecular weight is 281 g/mol. The Balaban J connectivity index is 2.40. The smallest absolute Gasteiger partial charge is 0.264 e. The van der Waals surface area contributed by atoms with Gasteiger partial charge in [-0.05, 0) is 6.07 Å². The second kappa shape index (κ2) is 4.66. The molecule has 0 atom stereocenters. The molecule has 0 aromatic carbocycles. The van der Waals surface area contributed by atoms with Gasteiger partial charge in [-0.1, -0.05) is 0 Å². The molecule has 0 saturated carbocycles. The minimum atomic E-state index is -4.03. The highest BCUT2D eigenvalue weighted by Gasteiger charge is 2.19. The van der Waals surface area contributed by atoms with E-state index in [2.05, 4.69) is 14.8 Å². The molecule has 0 radical (unpaired) electrons. The average Bonchev–Trinajstić information content (AvgIpc) is 2.68. The first-order valence-corrected chi connectivity index (χ1v) is 6.48. The van der Waals surface area contributed by atoms with Gasteiger partial charge in [0.05, 0.1) is 6.20 Å². The Bertz CT molecular complexity index is 762. The molecule has 2 aromatic heterocycles. The monoisotopic (exact) mass is 281 g/mol. The van der Waals surface area contributed by atoms with Crippen LogP contribution in [0, 0.1) is 17.1 Å². The van der Waals surface area contributed by atoms with E-state index in [-0.39, 0.29) is 16.3 Å². The molecule has 0 fully saturated rings. The zero-order valence-corrected chi connectivity index (χ0v) is 10.5. The summed E-state index contributed by atoms with van der Waals surface area (Å²) in [5.74, 6) is -0.890. The van der Waals surface area contributed by atoms with E-state index in [1.807, 2.05) is 0 Å². The number of nitrogens with one attached hydrogen (secondary N) is 1. The van der Waals surface area contributed by atoms with E-state index in [0.717, 1.165) is 18.5 Å². The van der Waals surface area contributed by atoms with Crippen molar-refractivity contribution in [2.24, 2.45) is 7.05 Å². The number of pyridine rings is 1. The Hall–Kier alpha value is -2.47. The van der Waals surface area contributed by atoms with Crippen LogP contribution in [0.5, 0.6) is 0 Å². The molecular weight excluding hydrogens is 273 g/mol. The summed E-state index contributed by atoms with van der Waals surface area (Å²) in [5, 5.41) is 12.6. The summed E-state index contributed by atoms with van der Waals surface area (Å²) >= 11 is 0. The fourth-order valence-electron chi connectivity index (χ4n) is 1.37. The number of hydrogen-bond donors (Lipinski definition) is 1. The van der Waals surface area contributed by atoms with Gasteiger partial charge in [0.25, 0.3) is 10.0 Å². The fraction of sp³-hybridized carbons (Fsp3) is 0.100. The van der Waals surface area contributed by atoms with Gasteiger partial charge in [0.1, 0.15) is 22.3 Å². The maximum atomic E-state index is 13.0. The minimum Gasteiger partial charge on any atom is -0.272 e. The van der Waals surface area contributed by atoms with Crippen molar-refractivity contribution in [2.45, 2.75) is 4.90 Å². The molecule has 0 unspecified atom stereocenters. The normalized spacial score (nSPS) is 11.0. The van der Waals surface area contributed by atoms with Gasteiger partial charge >= 0.3 is 0 Å². The summed E-state index contributed by atoms with van der Waals surface area (Å²) < 4.78 is 40.3. The number of rotatable bonds is 3. The Morgan fingerprint density at radius 1 is 1.47 bits per heavy atom. The lowest BCUT2D eigenvalue weighted by atomic mass is 10.4. The molecule has 0 aliphatic heterocycles. The lowest BCUT2D eigenvalue weighted by molar-refractivity contribution is 0.592. The van der Waals surface area contributed by atoms with Crippen molar-refractivity contribution in [2.75, 3.05) is 4.72 Å². The maximum Gasteiger partial charge on any atom is 0.264 e. The molecule has 1 N–H and O–H groups in total. The first kappa shape index (κ1) is 13.0. The zero-order chi connectivity index (χ0) is 14.0. The third-order valence-corrected chi connectivity index (χ3v) is 3.48. The second-order valence-electron chi connectivity index (χ2n) is 3.62. The lowest BCUT2D eigenvalue weighted by Gasteiger charge is -2.05. The third kappa shape index (κ3) is 2.69. The predicted octanol–water partition coefficient (Wildman–Crippen LogP) is 0.627.